The molecule has 0 radical (unpaired) electrons. The van der Waals surface area contributed by atoms with Crippen molar-refractivity contribution >= 4 is 46.8 Å². The first-order chi connectivity index (χ1) is 14.6. The van der Waals surface area contributed by atoms with E-state index in [2.05, 4.69) is 5.32 Å². The molecule has 0 aliphatic carbocycles. The lowest BCUT2D eigenvalue weighted by molar-refractivity contribution is -0.151. The van der Waals surface area contributed by atoms with Crippen LogP contribution in [0.1, 0.15) is 31.0 Å². The van der Waals surface area contributed by atoms with Gasteiger partial charge in [0.1, 0.15) is 11.6 Å². The highest BCUT2D eigenvalue weighted by molar-refractivity contribution is 6.35. The Balaban J connectivity index is 2.03. The topological polar surface area (TPSA) is 82.4 Å². The molecule has 0 bridgehead atoms. The van der Waals surface area contributed by atoms with Crippen LogP contribution < -0.4 is 10.2 Å². The number of carbonyl (C=O) groups excluding carboxylic acids is 2. The van der Waals surface area contributed by atoms with E-state index < -0.39 is 24.0 Å². The van der Waals surface area contributed by atoms with E-state index in [9.17, 15) is 14.9 Å². The lowest BCUT2D eigenvalue weighted by Crippen LogP contribution is -2.37. The third-order valence-electron chi connectivity index (χ3n) is 4.50. The van der Waals surface area contributed by atoms with Gasteiger partial charge in [0, 0.05) is 29.8 Å². The maximum atomic E-state index is 12.4. The molecule has 1 amide bonds. The highest BCUT2D eigenvalue weighted by Gasteiger charge is 2.23. The van der Waals surface area contributed by atoms with Crippen LogP contribution >= 0.6 is 23.2 Å². The minimum Gasteiger partial charge on any atom is -0.448 e. The molecule has 8 heteroatoms. The Morgan fingerprint density at radius 3 is 2.32 bits per heavy atom. The largest absolute Gasteiger partial charge is 0.448 e. The molecule has 31 heavy (non-hydrogen) atoms. The summed E-state index contributed by atoms with van der Waals surface area (Å²) >= 11 is 12.1. The Hall–Kier alpha value is -3.01. The average molecular weight is 460 g/mol. The Morgan fingerprint density at radius 1 is 1.13 bits per heavy atom. The Morgan fingerprint density at radius 2 is 1.77 bits per heavy atom. The van der Waals surface area contributed by atoms with Crippen LogP contribution in [0.3, 0.4) is 0 Å². The standard InChI is InChI=1S/C23H23Cl2N3O3/c1-14(20-10-7-18(24)12-21(20)25)27-22(29)15(2)31-23(30)17(13-26)11-16-5-8-19(9-6-16)28(3)4/h5-12,14-15H,1-4H3,(H,27,29)/b17-11-. The van der Waals surface area contributed by atoms with Crippen molar-refractivity contribution in [3.05, 3.63) is 69.2 Å². The van der Waals surface area contributed by atoms with Crippen molar-refractivity contribution in [2.45, 2.75) is 26.0 Å². The summed E-state index contributed by atoms with van der Waals surface area (Å²) in [5.41, 5.74) is 2.13. The van der Waals surface area contributed by atoms with E-state index in [-0.39, 0.29) is 5.57 Å². The normalized spacial score (nSPS) is 13.0. The molecule has 0 aliphatic heterocycles. The van der Waals surface area contributed by atoms with Crippen LogP contribution in [0.15, 0.2) is 48.0 Å². The SMILES string of the molecule is CC(OC(=O)/C(C#N)=C\c1ccc(N(C)C)cc1)C(=O)NC(C)c1ccc(Cl)cc1Cl. The van der Waals surface area contributed by atoms with Gasteiger partial charge in [0.05, 0.1) is 6.04 Å². The number of rotatable bonds is 7. The quantitative estimate of drug-likeness (QED) is 0.366. The van der Waals surface area contributed by atoms with Crippen LogP contribution in [0.2, 0.25) is 10.0 Å². The number of hydrogen-bond acceptors (Lipinski definition) is 5. The van der Waals surface area contributed by atoms with Crippen molar-refractivity contribution in [2.75, 3.05) is 19.0 Å². The number of benzene rings is 2. The molecule has 2 atom stereocenters. The molecule has 2 rings (SSSR count). The van der Waals surface area contributed by atoms with Crippen molar-refractivity contribution in [1.29, 1.82) is 5.26 Å². The number of halogens is 2. The predicted octanol–water partition coefficient (Wildman–Crippen LogP) is 4.78. The third-order valence-corrected chi connectivity index (χ3v) is 5.06. The summed E-state index contributed by atoms with van der Waals surface area (Å²) in [6.07, 6.45) is 0.316. The molecule has 2 aromatic rings. The lowest BCUT2D eigenvalue weighted by atomic mass is 10.1. The van der Waals surface area contributed by atoms with E-state index in [0.717, 1.165) is 5.69 Å². The molecule has 2 aromatic carbocycles. The van der Waals surface area contributed by atoms with Crippen LogP contribution in [0.5, 0.6) is 0 Å². The number of anilines is 1. The van der Waals surface area contributed by atoms with Gasteiger partial charge in [-0.05, 0) is 55.3 Å². The van der Waals surface area contributed by atoms with Gasteiger partial charge in [0.2, 0.25) is 0 Å². The Labute approximate surface area is 192 Å². The van der Waals surface area contributed by atoms with E-state index >= 15 is 0 Å². The van der Waals surface area contributed by atoms with Gasteiger partial charge in [-0.2, -0.15) is 5.26 Å². The fraction of sp³-hybridized carbons (Fsp3) is 0.261. The number of amides is 1. The highest BCUT2D eigenvalue weighted by atomic mass is 35.5. The van der Waals surface area contributed by atoms with Gasteiger partial charge in [-0.3, -0.25) is 4.79 Å². The zero-order valence-electron chi connectivity index (χ0n) is 17.6. The van der Waals surface area contributed by atoms with Crippen molar-refractivity contribution in [3.63, 3.8) is 0 Å². The van der Waals surface area contributed by atoms with Gasteiger partial charge in [-0.15, -0.1) is 0 Å². The van der Waals surface area contributed by atoms with E-state index in [1.165, 1.54) is 13.0 Å². The summed E-state index contributed by atoms with van der Waals surface area (Å²) in [6, 6.07) is 13.7. The second kappa shape index (κ2) is 10.9. The number of carbonyl (C=O) groups is 2. The van der Waals surface area contributed by atoms with E-state index in [1.54, 1.807) is 37.3 Å². The number of ether oxygens (including phenoxy) is 1. The minimum absolute atomic E-state index is 0.203. The van der Waals surface area contributed by atoms with Gasteiger partial charge >= 0.3 is 5.97 Å². The van der Waals surface area contributed by atoms with Gasteiger partial charge in [-0.1, -0.05) is 41.4 Å². The molecule has 162 valence electrons. The summed E-state index contributed by atoms with van der Waals surface area (Å²) < 4.78 is 5.18. The maximum absolute atomic E-state index is 12.4. The maximum Gasteiger partial charge on any atom is 0.349 e. The van der Waals surface area contributed by atoms with Crippen LogP contribution in [-0.4, -0.2) is 32.1 Å². The molecule has 0 aliphatic rings. The first-order valence-electron chi connectivity index (χ1n) is 9.48. The van der Waals surface area contributed by atoms with Gasteiger partial charge in [0.15, 0.2) is 6.10 Å². The second-order valence-corrected chi connectivity index (χ2v) is 7.94. The summed E-state index contributed by atoms with van der Waals surface area (Å²) in [4.78, 5) is 26.8. The molecule has 2 unspecified atom stereocenters. The van der Waals surface area contributed by atoms with E-state index in [4.69, 9.17) is 27.9 Å². The summed E-state index contributed by atoms with van der Waals surface area (Å²) in [5, 5.41) is 13.0. The molecule has 6 nitrogen and oxygen atoms in total. The number of hydrogen-bond donors (Lipinski definition) is 1. The first kappa shape index (κ1) is 24.3. The molecular weight excluding hydrogens is 437 g/mol. The van der Waals surface area contributed by atoms with Gasteiger partial charge in [-0.25, -0.2) is 4.79 Å². The first-order valence-corrected chi connectivity index (χ1v) is 10.2. The predicted molar refractivity (Wildman–Crippen MR) is 123 cm³/mol. The van der Waals surface area contributed by atoms with E-state index in [1.807, 2.05) is 37.2 Å². The van der Waals surface area contributed by atoms with Gasteiger partial charge in [0.25, 0.3) is 5.91 Å². The number of nitriles is 1. The molecule has 0 saturated heterocycles. The smallest absolute Gasteiger partial charge is 0.349 e. The molecular formula is C23H23Cl2N3O3. The Bertz CT molecular complexity index is 1030. The number of esters is 1. The van der Waals surface area contributed by atoms with Crippen LogP contribution in [0.4, 0.5) is 5.69 Å². The minimum atomic E-state index is -1.10. The molecule has 0 saturated carbocycles. The zero-order chi connectivity index (χ0) is 23.1. The number of nitrogens with one attached hydrogen (secondary N) is 1. The van der Waals surface area contributed by atoms with Crippen LogP contribution in [0, 0.1) is 11.3 Å². The zero-order valence-corrected chi connectivity index (χ0v) is 19.2. The molecule has 1 N–H and O–H groups in total. The molecule has 0 spiro atoms. The monoisotopic (exact) mass is 459 g/mol. The molecule has 0 aromatic heterocycles. The summed E-state index contributed by atoms with van der Waals surface area (Å²) in [6.45, 7) is 3.18. The fourth-order valence-corrected chi connectivity index (χ4v) is 3.28. The molecule has 0 fully saturated rings. The van der Waals surface area contributed by atoms with Crippen LogP contribution in [-0.2, 0) is 14.3 Å². The van der Waals surface area contributed by atoms with Gasteiger partial charge < -0.3 is 15.0 Å². The summed E-state index contributed by atoms with van der Waals surface area (Å²) in [5.74, 6) is -1.39. The van der Waals surface area contributed by atoms with Crippen molar-refractivity contribution in [1.82, 2.24) is 5.32 Å². The summed E-state index contributed by atoms with van der Waals surface area (Å²) in [7, 11) is 3.83. The van der Waals surface area contributed by atoms with E-state index in [0.29, 0.717) is 21.2 Å². The van der Waals surface area contributed by atoms with Crippen molar-refractivity contribution in [2.24, 2.45) is 0 Å². The van der Waals surface area contributed by atoms with Crippen molar-refractivity contribution < 1.29 is 14.3 Å². The molecule has 0 heterocycles. The third kappa shape index (κ3) is 6.74. The average Bonchev–Trinajstić information content (AvgIpc) is 2.71. The van der Waals surface area contributed by atoms with Crippen LogP contribution in [0.25, 0.3) is 6.08 Å². The highest BCUT2D eigenvalue weighted by Crippen LogP contribution is 2.26. The number of nitrogens with zero attached hydrogens (tertiary/aromatic N) is 2. The lowest BCUT2D eigenvalue weighted by Gasteiger charge is -2.19. The van der Waals surface area contributed by atoms with Crippen molar-refractivity contribution in [3.8, 4) is 6.07 Å². The fourth-order valence-electron chi connectivity index (χ4n) is 2.71. The Kier molecular flexibility index (Phi) is 8.49. The second-order valence-electron chi connectivity index (χ2n) is 7.10.